The summed E-state index contributed by atoms with van der Waals surface area (Å²) in [6.07, 6.45) is 3.15. The van der Waals surface area contributed by atoms with Gasteiger partial charge in [0.05, 0.1) is 6.26 Å². The maximum atomic E-state index is 12.6. The molecule has 4 rings (SSSR count). The number of aryl methyl sites for hydroxylation is 1. The zero-order valence-electron chi connectivity index (χ0n) is 18.4. The highest BCUT2D eigenvalue weighted by Gasteiger charge is 2.24. The molecule has 1 fully saturated rings. The highest BCUT2D eigenvalue weighted by Crippen LogP contribution is 2.26. The second-order valence-corrected chi connectivity index (χ2v) is 10.0. The van der Waals surface area contributed by atoms with Crippen molar-refractivity contribution in [1.29, 1.82) is 0 Å². The van der Waals surface area contributed by atoms with Gasteiger partial charge < -0.3 is 10.6 Å². The van der Waals surface area contributed by atoms with E-state index in [2.05, 4.69) is 15.4 Å². The van der Waals surface area contributed by atoms with Crippen LogP contribution in [0.2, 0.25) is 0 Å². The first-order valence-electron chi connectivity index (χ1n) is 10.6. The Labute approximate surface area is 193 Å². The number of rotatable bonds is 7. The molecule has 0 bridgehead atoms. The fourth-order valence-corrected chi connectivity index (χ4v) is 3.97. The van der Waals surface area contributed by atoms with Crippen molar-refractivity contribution in [3.63, 3.8) is 0 Å². The molecule has 0 radical (unpaired) electrons. The van der Waals surface area contributed by atoms with Crippen LogP contribution in [0.15, 0.2) is 66.7 Å². The average Bonchev–Trinajstić information content (AvgIpc) is 3.58. The van der Waals surface area contributed by atoms with Crippen molar-refractivity contribution in [2.75, 3.05) is 16.3 Å². The standard InChI is InChI=1S/C25H25N3O4S/c1-16-3-4-19(25(30)27-20-9-10-20)15-23(16)17-5-7-18(8-6-17)24(29)26-21-11-13-22(14-12-21)28-33(2,31)32/h3-8,11-15,20,28H,9-10H2,1-2H3,(H,26,29)(H,27,30). The minimum absolute atomic E-state index is 0.0625. The molecule has 0 saturated heterocycles. The zero-order valence-corrected chi connectivity index (χ0v) is 19.2. The highest BCUT2D eigenvalue weighted by molar-refractivity contribution is 7.92. The van der Waals surface area contributed by atoms with Crippen LogP contribution in [0.1, 0.15) is 39.1 Å². The lowest BCUT2D eigenvalue weighted by Gasteiger charge is -2.11. The average molecular weight is 464 g/mol. The smallest absolute Gasteiger partial charge is 0.255 e. The molecule has 0 unspecified atom stereocenters. The molecular weight excluding hydrogens is 438 g/mol. The van der Waals surface area contributed by atoms with Crippen LogP contribution in [0.5, 0.6) is 0 Å². The van der Waals surface area contributed by atoms with Crippen molar-refractivity contribution in [1.82, 2.24) is 5.32 Å². The molecule has 3 N–H and O–H groups in total. The predicted octanol–water partition coefficient (Wildman–Crippen LogP) is 4.18. The molecule has 8 heteroatoms. The second kappa shape index (κ2) is 9.07. The third kappa shape index (κ3) is 5.98. The van der Waals surface area contributed by atoms with Crippen molar-refractivity contribution in [2.24, 2.45) is 0 Å². The fourth-order valence-electron chi connectivity index (χ4n) is 3.41. The van der Waals surface area contributed by atoms with Crippen molar-refractivity contribution in [2.45, 2.75) is 25.8 Å². The lowest BCUT2D eigenvalue weighted by atomic mass is 9.97. The topological polar surface area (TPSA) is 104 Å². The van der Waals surface area contributed by atoms with Crippen molar-refractivity contribution >= 4 is 33.2 Å². The van der Waals surface area contributed by atoms with E-state index >= 15 is 0 Å². The van der Waals surface area contributed by atoms with E-state index in [0.29, 0.717) is 28.5 Å². The van der Waals surface area contributed by atoms with Crippen LogP contribution < -0.4 is 15.4 Å². The quantitative estimate of drug-likeness (QED) is 0.489. The number of anilines is 2. The Morgan fingerprint density at radius 2 is 1.42 bits per heavy atom. The van der Waals surface area contributed by atoms with E-state index in [0.717, 1.165) is 35.8 Å². The predicted molar refractivity (Wildman–Crippen MR) is 130 cm³/mol. The first kappa shape index (κ1) is 22.5. The van der Waals surface area contributed by atoms with E-state index in [4.69, 9.17) is 0 Å². The number of nitrogens with one attached hydrogen (secondary N) is 3. The van der Waals surface area contributed by atoms with Gasteiger partial charge in [-0.1, -0.05) is 18.2 Å². The molecule has 0 heterocycles. The van der Waals surface area contributed by atoms with Crippen molar-refractivity contribution in [3.05, 3.63) is 83.4 Å². The molecule has 0 aromatic heterocycles. The molecule has 2 amide bonds. The SMILES string of the molecule is Cc1ccc(C(=O)NC2CC2)cc1-c1ccc(C(=O)Nc2ccc(NS(C)(=O)=O)cc2)cc1. The zero-order chi connectivity index (χ0) is 23.6. The Balaban J connectivity index is 1.45. The van der Waals surface area contributed by atoms with Gasteiger partial charge in [0, 0.05) is 28.5 Å². The van der Waals surface area contributed by atoms with E-state index in [1.807, 2.05) is 37.3 Å². The van der Waals surface area contributed by atoms with Crippen LogP contribution in [0.4, 0.5) is 11.4 Å². The number of benzene rings is 3. The normalized spacial score (nSPS) is 13.3. The van der Waals surface area contributed by atoms with Crippen LogP contribution in [-0.4, -0.2) is 32.5 Å². The summed E-state index contributed by atoms with van der Waals surface area (Å²) in [6.45, 7) is 1.99. The number of carbonyl (C=O) groups excluding carboxylic acids is 2. The minimum atomic E-state index is -3.36. The molecule has 170 valence electrons. The summed E-state index contributed by atoms with van der Waals surface area (Å²) >= 11 is 0. The molecule has 1 saturated carbocycles. The van der Waals surface area contributed by atoms with Gasteiger partial charge in [0.25, 0.3) is 11.8 Å². The molecule has 3 aromatic rings. The van der Waals surface area contributed by atoms with E-state index in [1.165, 1.54) is 0 Å². The Hall–Kier alpha value is -3.65. The fraction of sp³-hybridized carbons (Fsp3) is 0.200. The van der Waals surface area contributed by atoms with Crippen LogP contribution in [0.25, 0.3) is 11.1 Å². The Kier molecular flexibility index (Phi) is 6.20. The summed E-state index contributed by atoms with van der Waals surface area (Å²) in [4.78, 5) is 25.0. The first-order valence-corrected chi connectivity index (χ1v) is 12.5. The number of hydrogen-bond acceptors (Lipinski definition) is 4. The minimum Gasteiger partial charge on any atom is -0.349 e. The van der Waals surface area contributed by atoms with Gasteiger partial charge in [0.1, 0.15) is 0 Å². The molecule has 1 aliphatic carbocycles. The lowest BCUT2D eigenvalue weighted by molar-refractivity contribution is 0.0950. The summed E-state index contributed by atoms with van der Waals surface area (Å²) in [6, 6.07) is 19.5. The van der Waals surface area contributed by atoms with Gasteiger partial charge in [-0.25, -0.2) is 8.42 Å². The summed E-state index contributed by atoms with van der Waals surface area (Å²) in [5.74, 6) is -0.341. The van der Waals surface area contributed by atoms with Gasteiger partial charge >= 0.3 is 0 Å². The van der Waals surface area contributed by atoms with E-state index in [9.17, 15) is 18.0 Å². The number of carbonyl (C=O) groups is 2. The largest absolute Gasteiger partial charge is 0.349 e. The van der Waals surface area contributed by atoms with E-state index < -0.39 is 10.0 Å². The molecule has 0 spiro atoms. The van der Waals surface area contributed by atoms with Gasteiger partial charge in [-0.2, -0.15) is 0 Å². The summed E-state index contributed by atoms with van der Waals surface area (Å²) in [7, 11) is -3.36. The van der Waals surface area contributed by atoms with Gasteiger partial charge in [-0.3, -0.25) is 14.3 Å². The Morgan fingerprint density at radius 1 is 0.818 bits per heavy atom. The molecule has 33 heavy (non-hydrogen) atoms. The second-order valence-electron chi connectivity index (χ2n) is 8.26. The molecule has 7 nitrogen and oxygen atoms in total. The summed E-state index contributed by atoms with van der Waals surface area (Å²) < 4.78 is 25.0. The van der Waals surface area contributed by atoms with Crippen molar-refractivity contribution in [3.8, 4) is 11.1 Å². The maximum absolute atomic E-state index is 12.6. The van der Waals surface area contributed by atoms with Crippen LogP contribution in [0, 0.1) is 6.92 Å². The lowest BCUT2D eigenvalue weighted by Crippen LogP contribution is -2.25. The van der Waals surface area contributed by atoms with Gasteiger partial charge in [-0.05, 0) is 85.0 Å². The van der Waals surface area contributed by atoms with Gasteiger partial charge in [0.15, 0.2) is 0 Å². The van der Waals surface area contributed by atoms with E-state index in [-0.39, 0.29) is 11.8 Å². The van der Waals surface area contributed by atoms with Crippen molar-refractivity contribution < 1.29 is 18.0 Å². The Bertz CT molecular complexity index is 1300. The van der Waals surface area contributed by atoms with Gasteiger partial charge in [0.2, 0.25) is 10.0 Å². The summed E-state index contributed by atoms with van der Waals surface area (Å²) in [5.41, 5.74) is 4.98. The molecule has 1 aliphatic rings. The Morgan fingerprint density at radius 3 is 2.03 bits per heavy atom. The number of sulfonamides is 1. The highest BCUT2D eigenvalue weighted by atomic mass is 32.2. The molecule has 3 aromatic carbocycles. The molecule has 0 aliphatic heterocycles. The first-order chi connectivity index (χ1) is 15.7. The molecule has 0 atom stereocenters. The summed E-state index contributed by atoms with van der Waals surface area (Å²) in [5, 5.41) is 5.80. The van der Waals surface area contributed by atoms with Crippen LogP contribution >= 0.6 is 0 Å². The molecular formula is C25H25N3O4S. The number of amides is 2. The third-order valence-corrected chi connectivity index (χ3v) is 5.92. The van der Waals surface area contributed by atoms with Crippen LogP contribution in [-0.2, 0) is 10.0 Å². The monoisotopic (exact) mass is 463 g/mol. The van der Waals surface area contributed by atoms with Gasteiger partial charge in [-0.15, -0.1) is 0 Å². The third-order valence-electron chi connectivity index (χ3n) is 5.32. The van der Waals surface area contributed by atoms with Crippen LogP contribution in [0.3, 0.4) is 0 Å². The maximum Gasteiger partial charge on any atom is 0.255 e. The van der Waals surface area contributed by atoms with E-state index in [1.54, 1.807) is 36.4 Å². The number of hydrogen-bond donors (Lipinski definition) is 3.